The molecular weight excluding hydrogens is 222 g/mol. The summed E-state index contributed by atoms with van der Waals surface area (Å²) in [6.45, 7) is 6.08. The molecule has 0 spiro atoms. The van der Waals surface area contributed by atoms with E-state index in [1.54, 1.807) is 24.3 Å². The average Bonchev–Trinajstić information content (AvgIpc) is 2.27. The van der Waals surface area contributed by atoms with Crippen LogP contribution in [0.4, 0.5) is 0 Å². The van der Waals surface area contributed by atoms with Gasteiger partial charge in [0, 0.05) is 16.6 Å². The first-order valence-corrected chi connectivity index (χ1v) is 5.83. The molecule has 88 valence electrons. The van der Waals surface area contributed by atoms with Crippen molar-refractivity contribution in [1.29, 1.82) is 0 Å². The van der Waals surface area contributed by atoms with E-state index in [0.717, 1.165) is 0 Å². The lowest BCUT2D eigenvalue weighted by molar-refractivity contribution is 0.0836. The normalized spacial score (nSPS) is 13.2. The van der Waals surface area contributed by atoms with E-state index < -0.39 is 0 Å². The molecule has 0 N–H and O–H groups in total. The number of nitrogens with zero attached hydrogens (tertiary/aromatic N) is 1. The molecule has 1 rings (SSSR count). The standard InChI is InChI=1S/C13H18ClNO/c1-9(2)15(4)10(3)13(16)11-5-7-12(14)8-6-11/h5-10H,1-4H3. The summed E-state index contributed by atoms with van der Waals surface area (Å²) in [4.78, 5) is 14.2. The first-order chi connectivity index (χ1) is 7.43. The van der Waals surface area contributed by atoms with Crippen molar-refractivity contribution in [2.24, 2.45) is 0 Å². The van der Waals surface area contributed by atoms with Crippen molar-refractivity contribution in [3.05, 3.63) is 34.9 Å². The molecule has 16 heavy (non-hydrogen) atoms. The van der Waals surface area contributed by atoms with Crippen molar-refractivity contribution in [2.75, 3.05) is 7.05 Å². The van der Waals surface area contributed by atoms with Gasteiger partial charge in [-0.3, -0.25) is 9.69 Å². The van der Waals surface area contributed by atoms with Gasteiger partial charge in [0.15, 0.2) is 5.78 Å². The zero-order valence-electron chi connectivity index (χ0n) is 10.2. The van der Waals surface area contributed by atoms with E-state index in [4.69, 9.17) is 11.6 Å². The molecule has 1 aromatic rings. The Bertz CT molecular complexity index is 359. The van der Waals surface area contributed by atoms with Crippen molar-refractivity contribution in [3.63, 3.8) is 0 Å². The largest absolute Gasteiger partial charge is 0.294 e. The molecule has 1 unspecified atom stereocenters. The van der Waals surface area contributed by atoms with Gasteiger partial charge < -0.3 is 0 Å². The Morgan fingerprint density at radius 1 is 1.19 bits per heavy atom. The van der Waals surface area contributed by atoms with E-state index >= 15 is 0 Å². The van der Waals surface area contributed by atoms with Gasteiger partial charge in [0.1, 0.15) is 0 Å². The van der Waals surface area contributed by atoms with E-state index in [0.29, 0.717) is 16.6 Å². The fraction of sp³-hybridized carbons (Fsp3) is 0.462. The number of hydrogen-bond donors (Lipinski definition) is 0. The van der Waals surface area contributed by atoms with E-state index in [9.17, 15) is 4.79 Å². The highest BCUT2D eigenvalue weighted by atomic mass is 35.5. The molecule has 0 saturated heterocycles. The molecule has 1 atom stereocenters. The summed E-state index contributed by atoms with van der Waals surface area (Å²) in [5, 5.41) is 0.654. The molecule has 0 aliphatic rings. The maximum Gasteiger partial charge on any atom is 0.179 e. The predicted molar refractivity (Wildman–Crippen MR) is 68.1 cm³/mol. The van der Waals surface area contributed by atoms with Crippen LogP contribution in [0.25, 0.3) is 0 Å². The fourth-order valence-corrected chi connectivity index (χ4v) is 1.61. The minimum atomic E-state index is -0.110. The zero-order valence-corrected chi connectivity index (χ0v) is 11.0. The lowest BCUT2D eigenvalue weighted by Crippen LogP contribution is -2.40. The van der Waals surface area contributed by atoms with Crippen LogP contribution < -0.4 is 0 Å². The number of benzene rings is 1. The first kappa shape index (κ1) is 13.2. The maximum absolute atomic E-state index is 12.1. The van der Waals surface area contributed by atoms with E-state index in [-0.39, 0.29) is 11.8 Å². The lowest BCUT2D eigenvalue weighted by Gasteiger charge is -2.27. The highest BCUT2D eigenvalue weighted by Gasteiger charge is 2.20. The predicted octanol–water partition coefficient (Wildman–Crippen LogP) is 3.25. The van der Waals surface area contributed by atoms with E-state index in [1.165, 1.54) is 0 Å². The maximum atomic E-state index is 12.1. The topological polar surface area (TPSA) is 20.3 Å². The van der Waals surface area contributed by atoms with Crippen LogP contribution in [0, 0.1) is 0 Å². The second-order valence-electron chi connectivity index (χ2n) is 4.31. The molecule has 0 aliphatic heterocycles. The van der Waals surface area contributed by atoms with Crippen LogP contribution in [0.15, 0.2) is 24.3 Å². The van der Waals surface area contributed by atoms with Crippen LogP contribution >= 0.6 is 11.6 Å². The summed E-state index contributed by atoms with van der Waals surface area (Å²) >= 11 is 5.79. The van der Waals surface area contributed by atoms with Crippen LogP contribution in [-0.4, -0.2) is 29.8 Å². The number of Topliss-reactive ketones (excluding diaryl/α,β-unsaturated/α-hetero) is 1. The van der Waals surface area contributed by atoms with Gasteiger partial charge in [-0.15, -0.1) is 0 Å². The van der Waals surface area contributed by atoms with Crippen LogP contribution in [0.1, 0.15) is 31.1 Å². The van der Waals surface area contributed by atoms with Gasteiger partial charge in [0.05, 0.1) is 6.04 Å². The molecule has 0 bridgehead atoms. The number of carbonyl (C=O) groups excluding carboxylic acids is 1. The fourth-order valence-electron chi connectivity index (χ4n) is 1.49. The minimum Gasteiger partial charge on any atom is -0.294 e. The van der Waals surface area contributed by atoms with Gasteiger partial charge in [-0.25, -0.2) is 0 Å². The van der Waals surface area contributed by atoms with Gasteiger partial charge in [-0.2, -0.15) is 0 Å². The van der Waals surface area contributed by atoms with Crippen molar-refractivity contribution < 1.29 is 4.79 Å². The molecule has 0 amide bonds. The molecule has 0 saturated carbocycles. The Kier molecular flexibility index (Phi) is 4.51. The van der Waals surface area contributed by atoms with E-state index in [1.807, 2.05) is 14.0 Å². The van der Waals surface area contributed by atoms with Crippen molar-refractivity contribution in [1.82, 2.24) is 4.90 Å². The average molecular weight is 240 g/mol. The smallest absolute Gasteiger partial charge is 0.179 e. The lowest BCUT2D eigenvalue weighted by atomic mass is 10.0. The third kappa shape index (κ3) is 3.06. The molecular formula is C13H18ClNO. The Labute approximate surface area is 102 Å². The van der Waals surface area contributed by atoms with Gasteiger partial charge in [0.25, 0.3) is 0 Å². The summed E-state index contributed by atoms with van der Waals surface area (Å²) in [5.74, 6) is 0.132. The van der Waals surface area contributed by atoms with Gasteiger partial charge >= 0.3 is 0 Å². The van der Waals surface area contributed by atoms with Gasteiger partial charge in [0.2, 0.25) is 0 Å². The highest BCUT2D eigenvalue weighted by Crippen LogP contribution is 2.13. The van der Waals surface area contributed by atoms with Crippen LogP contribution in [-0.2, 0) is 0 Å². The SMILES string of the molecule is CC(C)N(C)C(C)C(=O)c1ccc(Cl)cc1. The third-order valence-electron chi connectivity index (χ3n) is 2.93. The summed E-state index contributed by atoms with van der Waals surface area (Å²) in [7, 11) is 1.96. The number of halogens is 1. The molecule has 2 nitrogen and oxygen atoms in total. The summed E-state index contributed by atoms with van der Waals surface area (Å²) in [5.41, 5.74) is 0.712. The molecule has 0 radical (unpaired) electrons. The Balaban J connectivity index is 2.82. The van der Waals surface area contributed by atoms with E-state index in [2.05, 4.69) is 18.7 Å². The third-order valence-corrected chi connectivity index (χ3v) is 3.19. The van der Waals surface area contributed by atoms with Gasteiger partial charge in [-0.05, 0) is 52.1 Å². The molecule has 1 aromatic carbocycles. The van der Waals surface area contributed by atoms with Crippen LogP contribution in [0.2, 0.25) is 5.02 Å². The number of hydrogen-bond acceptors (Lipinski definition) is 2. The molecule has 0 aliphatic carbocycles. The first-order valence-electron chi connectivity index (χ1n) is 5.45. The van der Waals surface area contributed by atoms with Crippen molar-refractivity contribution in [2.45, 2.75) is 32.9 Å². The monoisotopic (exact) mass is 239 g/mol. The number of rotatable bonds is 4. The van der Waals surface area contributed by atoms with Crippen molar-refractivity contribution >= 4 is 17.4 Å². The van der Waals surface area contributed by atoms with Crippen LogP contribution in [0.3, 0.4) is 0 Å². The number of ketones is 1. The minimum absolute atomic E-state index is 0.110. The van der Waals surface area contributed by atoms with Crippen LogP contribution in [0.5, 0.6) is 0 Å². The number of carbonyl (C=O) groups is 1. The summed E-state index contributed by atoms with van der Waals surface area (Å²) < 4.78 is 0. The van der Waals surface area contributed by atoms with Crippen molar-refractivity contribution in [3.8, 4) is 0 Å². The molecule has 0 fully saturated rings. The highest BCUT2D eigenvalue weighted by molar-refractivity contribution is 6.30. The van der Waals surface area contributed by atoms with Gasteiger partial charge in [-0.1, -0.05) is 11.6 Å². The molecule has 0 aromatic heterocycles. The number of likely N-dealkylation sites (N-methyl/N-ethyl adjacent to an activating group) is 1. The Morgan fingerprint density at radius 2 is 1.69 bits per heavy atom. The molecule has 3 heteroatoms. The molecule has 0 heterocycles. The Morgan fingerprint density at radius 3 is 2.12 bits per heavy atom. The second kappa shape index (κ2) is 5.46. The summed E-state index contributed by atoms with van der Waals surface area (Å²) in [6.07, 6.45) is 0. The zero-order chi connectivity index (χ0) is 12.3. The second-order valence-corrected chi connectivity index (χ2v) is 4.74. The Hall–Kier alpha value is -0.860. The summed E-state index contributed by atoms with van der Waals surface area (Å²) in [6, 6.07) is 7.28. The quantitative estimate of drug-likeness (QED) is 0.752.